The zero-order valence-corrected chi connectivity index (χ0v) is 15.3. The van der Waals surface area contributed by atoms with E-state index in [-0.39, 0.29) is 0 Å². The van der Waals surface area contributed by atoms with Crippen molar-refractivity contribution in [1.82, 2.24) is 9.97 Å². The van der Waals surface area contributed by atoms with Gasteiger partial charge in [-0.15, -0.1) is 11.3 Å². The highest BCUT2D eigenvalue weighted by Crippen LogP contribution is 2.33. The molecule has 25 heavy (non-hydrogen) atoms. The topological polar surface area (TPSA) is 37.8 Å². The van der Waals surface area contributed by atoms with Crippen LogP contribution in [0.15, 0.2) is 54.6 Å². The molecule has 0 amide bonds. The molecule has 3 nitrogen and oxygen atoms in total. The van der Waals surface area contributed by atoms with Gasteiger partial charge in [-0.3, -0.25) is 0 Å². The predicted octanol–water partition coefficient (Wildman–Crippen LogP) is 6.03. The van der Waals surface area contributed by atoms with Gasteiger partial charge in [0.05, 0.1) is 5.39 Å². The molecule has 2 heterocycles. The third-order valence-electron chi connectivity index (χ3n) is 4.41. The maximum absolute atomic E-state index is 4.83. The number of benzene rings is 2. The predicted molar refractivity (Wildman–Crippen MR) is 107 cm³/mol. The standard InChI is InChI=1S/C21H19N3S/c1-13-8-7-11-18(15(13)3)22-20-17-12-14(2)25-21(17)24-19(23-20)16-9-5-4-6-10-16/h4-12H,1-3H3,(H,22,23,24). The van der Waals surface area contributed by atoms with Crippen LogP contribution in [0.4, 0.5) is 11.5 Å². The monoisotopic (exact) mass is 345 g/mol. The molecule has 4 rings (SSSR count). The summed E-state index contributed by atoms with van der Waals surface area (Å²) in [5.74, 6) is 1.62. The molecule has 0 fully saturated rings. The molecule has 0 saturated carbocycles. The average molecular weight is 345 g/mol. The van der Waals surface area contributed by atoms with E-state index in [0.29, 0.717) is 0 Å². The van der Waals surface area contributed by atoms with E-state index in [1.807, 2.05) is 30.3 Å². The summed E-state index contributed by atoms with van der Waals surface area (Å²) < 4.78 is 0. The molecular formula is C21H19N3S. The molecule has 0 spiro atoms. The molecule has 2 aromatic carbocycles. The molecule has 4 heteroatoms. The van der Waals surface area contributed by atoms with Crippen molar-refractivity contribution in [2.24, 2.45) is 0 Å². The Morgan fingerprint density at radius 1 is 0.880 bits per heavy atom. The minimum absolute atomic E-state index is 0.753. The Morgan fingerprint density at radius 2 is 1.68 bits per heavy atom. The number of nitrogens with zero attached hydrogens (tertiary/aromatic N) is 2. The van der Waals surface area contributed by atoms with Crippen LogP contribution in [0.1, 0.15) is 16.0 Å². The van der Waals surface area contributed by atoms with E-state index in [9.17, 15) is 0 Å². The van der Waals surface area contributed by atoms with Crippen molar-refractivity contribution in [2.45, 2.75) is 20.8 Å². The molecule has 124 valence electrons. The smallest absolute Gasteiger partial charge is 0.163 e. The fourth-order valence-corrected chi connectivity index (χ4v) is 3.75. The lowest BCUT2D eigenvalue weighted by Crippen LogP contribution is -2.00. The second-order valence-corrected chi connectivity index (χ2v) is 7.44. The molecule has 1 N–H and O–H groups in total. The van der Waals surface area contributed by atoms with Gasteiger partial charge in [0.15, 0.2) is 5.82 Å². The Bertz CT molecular complexity index is 1050. The molecule has 0 radical (unpaired) electrons. The van der Waals surface area contributed by atoms with Gasteiger partial charge < -0.3 is 5.32 Å². The number of hydrogen-bond donors (Lipinski definition) is 1. The number of thiophene rings is 1. The molecule has 2 aromatic heterocycles. The first-order chi connectivity index (χ1) is 12.1. The van der Waals surface area contributed by atoms with E-state index >= 15 is 0 Å². The number of aryl methyl sites for hydroxylation is 2. The van der Waals surface area contributed by atoms with E-state index in [4.69, 9.17) is 9.97 Å². The number of anilines is 2. The van der Waals surface area contributed by atoms with Crippen LogP contribution < -0.4 is 5.32 Å². The van der Waals surface area contributed by atoms with Crippen LogP contribution in [0.2, 0.25) is 0 Å². The van der Waals surface area contributed by atoms with Crippen molar-refractivity contribution in [1.29, 1.82) is 0 Å². The number of rotatable bonds is 3. The van der Waals surface area contributed by atoms with Crippen molar-refractivity contribution >= 4 is 33.1 Å². The van der Waals surface area contributed by atoms with Gasteiger partial charge >= 0.3 is 0 Å². The summed E-state index contributed by atoms with van der Waals surface area (Å²) in [7, 11) is 0. The third kappa shape index (κ3) is 3.01. The van der Waals surface area contributed by atoms with Gasteiger partial charge in [0.1, 0.15) is 10.6 Å². The second-order valence-electron chi connectivity index (χ2n) is 6.21. The maximum atomic E-state index is 4.83. The van der Waals surface area contributed by atoms with E-state index in [0.717, 1.165) is 33.1 Å². The van der Waals surface area contributed by atoms with E-state index in [1.54, 1.807) is 11.3 Å². The maximum Gasteiger partial charge on any atom is 0.163 e. The van der Waals surface area contributed by atoms with Gasteiger partial charge in [0.2, 0.25) is 0 Å². The van der Waals surface area contributed by atoms with Gasteiger partial charge in [0, 0.05) is 16.1 Å². The summed E-state index contributed by atoms with van der Waals surface area (Å²) in [6.45, 7) is 6.36. The highest BCUT2D eigenvalue weighted by molar-refractivity contribution is 7.18. The van der Waals surface area contributed by atoms with Gasteiger partial charge in [0.25, 0.3) is 0 Å². The Balaban J connectivity index is 1.88. The first kappa shape index (κ1) is 15.8. The highest BCUT2D eigenvalue weighted by Gasteiger charge is 2.13. The largest absolute Gasteiger partial charge is 0.339 e. The van der Waals surface area contributed by atoms with Crippen molar-refractivity contribution in [3.63, 3.8) is 0 Å². The lowest BCUT2D eigenvalue weighted by molar-refractivity contribution is 1.23. The van der Waals surface area contributed by atoms with Crippen LogP contribution in [-0.4, -0.2) is 9.97 Å². The molecule has 4 aromatic rings. The first-order valence-electron chi connectivity index (χ1n) is 8.28. The van der Waals surface area contributed by atoms with Crippen LogP contribution in [0, 0.1) is 20.8 Å². The van der Waals surface area contributed by atoms with E-state index in [1.165, 1.54) is 16.0 Å². The van der Waals surface area contributed by atoms with Gasteiger partial charge in [-0.05, 0) is 44.0 Å². The van der Waals surface area contributed by atoms with Crippen LogP contribution in [0.25, 0.3) is 21.6 Å². The molecule has 0 bridgehead atoms. The quantitative estimate of drug-likeness (QED) is 0.493. The van der Waals surface area contributed by atoms with Crippen molar-refractivity contribution in [3.05, 3.63) is 70.6 Å². The fourth-order valence-electron chi connectivity index (χ4n) is 2.87. The number of fused-ring (bicyclic) bond motifs is 1. The summed E-state index contributed by atoms with van der Waals surface area (Å²) in [5, 5.41) is 4.61. The molecule has 0 aliphatic carbocycles. The minimum atomic E-state index is 0.753. The second kappa shape index (κ2) is 6.30. The average Bonchev–Trinajstić information content (AvgIpc) is 3.00. The lowest BCUT2D eigenvalue weighted by atomic mass is 10.1. The minimum Gasteiger partial charge on any atom is -0.339 e. The van der Waals surface area contributed by atoms with Gasteiger partial charge in [-0.25, -0.2) is 9.97 Å². The van der Waals surface area contributed by atoms with Crippen LogP contribution >= 0.6 is 11.3 Å². The summed E-state index contributed by atoms with van der Waals surface area (Å²) in [5.41, 5.74) is 4.62. The Hall–Kier alpha value is -2.72. The Kier molecular flexibility index (Phi) is 3.98. The Morgan fingerprint density at radius 3 is 2.48 bits per heavy atom. The summed E-state index contributed by atoms with van der Waals surface area (Å²) in [6.07, 6.45) is 0. The third-order valence-corrected chi connectivity index (χ3v) is 5.35. The fraction of sp³-hybridized carbons (Fsp3) is 0.143. The highest BCUT2D eigenvalue weighted by atomic mass is 32.1. The SMILES string of the molecule is Cc1cc2c(Nc3cccc(C)c3C)nc(-c3ccccc3)nc2s1. The van der Waals surface area contributed by atoms with Crippen LogP contribution in [-0.2, 0) is 0 Å². The van der Waals surface area contributed by atoms with Crippen LogP contribution in [0.5, 0.6) is 0 Å². The number of nitrogens with one attached hydrogen (secondary N) is 1. The lowest BCUT2D eigenvalue weighted by Gasteiger charge is -2.12. The molecule has 0 unspecified atom stereocenters. The van der Waals surface area contributed by atoms with E-state index < -0.39 is 0 Å². The summed E-state index contributed by atoms with van der Waals surface area (Å²) in [4.78, 5) is 11.9. The van der Waals surface area contributed by atoms with Gasteiger partial charge in [-0.1, -0.05) is 42.5 Å². The molecule has 0 saturated heterocycles. The molecular weight excluding hydrogens is 326 g/mol. The van der Waals surface area contributed by atoms with E-state index in [2.05, 4.69) is 50.4 Å². The zero-order chi connectivity index (χ0) is 17.4. The molecule has 0 aliphatic rings. The van der Waals surface area contributed by atoms with Crippen LogP contribution in [0.3, 0.4) is 0 Å². The van der Waals surface area contributed by atoms with Crippen molar-refractivity contribution in [3.8, 4) is 11.4 Å². The molecule has 0 atom stereocenters. The van der Waals surface area contributed by atoms with Crippen molar-refractivity contribution in [2.75, 3.05) is 5.32 Å². The van der Waals surface area contributed by atoms with Gasteiger partial charge in [-0.2, -0.15) is 0 Å². The summed E-state index contributed by atoms with van der Waals surface area (Å²) >= 11 is 1.70. The first-order valence-corrected chi connectivity index (χ1v) is 9.10. The molecule has 0 aliphatic heterocycles. The summed E-state index contributed by atoms with van der Waals surface area (Å²) in [6, 6.07) is 18.6. The van der Waals surface area contributed by atoms with Crippen molar-refractivity contribution < 1.29 is 0 Å². The number of aromatic nitrogens is 2. The number of hydrogen-bond acceptors (Lipinski definition) is 4. The Labute approximate surface area is 151 Å². The zero-order valence-electron chi connectivity index (χ0n) is 14.5. The normalized spacial score (nSPS) is 11.0.